The van der Waals surface area contributed by atoms with Crippen LogP contribution >= 0.6 is 0 Å². The van der Waals surface area contributed by atoms with Gasteiger partial charge in [0, 0.05) is 69.7 Å². The molecule has 15 nitrogen and oxygen atoms in total. The Bertz CT molecular complexity index is 2840. The molecule has 2 aromatic heterocycles. The molecule has 3 fully saturated rings. The Hall–Kier alpha value is -6.78. The number of hydrogen-bond donors (Lipinski definition) is 3. The Labute approximate surface area is 377 Å². The number of likely N-dealkylation sites (tertiary alicyclic amines) is 1. The van der Waals surface area contributed by atoms with Crippen molar-refractivity contribution in [2.75, 3.05) is 49.6 Å². The number of fused-ring (bicyclic) bond motifs is 1. The topological polar surface area (TPSA) is 189 Å². The number of H-pyrrole nitrogens is 1. The summed E-state index contributed by atoms with van der Waals surface area (Å²) >= 11 is 0. The number of benzene rings is 4. The number of hydrogen-bond acceptors (Lipinski definition) is 11. The molecule has 3 aliphatic heterocycles. The monoisotopic (exact) mass is 897 g/mol. The van der Waals surface area contributed by atoms with E-state index in [1.165, 1.54) is 35.5 Å². The number of amides is 2. The Morgan fingerprint density at radius 2 is 1.65 bits per heavy atom. The van der Waals surface area contributed by atoms with Crippen LogP contribution in [0.2, 0.25) is 0 Å². The summed E-state index contributed by atoms with van der Waals surface area (Å²) in [5.74, 6) is 0.226. The second-order valence-corrected chi connectivity index (χ2v) is 18.7. The van der Waals surface area contributed by atoms with E-state index in [-0.39, 0.29) is 34.9 Å². The Morgan fingerprint density at radius 3 is 2.40 bits per heavy atom. The summed E-state index contributed by atoms with van der Waals surface area (Å²) in [6.45, 7) is 5.82. The number of anilines is 2. The number of ether oxygens (including phenoxy) is 2. The number of nitro groups is 1. The number of sulfonamides is 1. The largest absolute Gasteiger partial charge is 0.455 e. The van der Waals surface area contributed by atoms with Gasteiger partial charge in [-0.25, -0.2) is 18.1 Å². The molecule has 5 heterocycles. The Kier molecular flexibility index (Phi) is 12.5. The van der Waals surface area contributed by atoms with E-state index in [0.29, 0.717) is 37.1 Å². The van der Waals surface area contributed by atoms with Crippen LogP contribution in [0.3, 0.4) is 0 Å². The molecule has 0 unspecified atom stereocenters. The lowest BCUT2D eigenvalue weighted by Gasteiger charge is -2.35. The fourth-order valence-corrected chi connectivity index (χ4v) is 10.4. The van der Waals surface area contributed by atoms with Gasteiger partial charge in [0.15, 0.2) is 0 Å². The van der Waals surface area contributed by atoms with Crippen LogP contribution in [0, 0.1) is 16.0 Å². The van der Waals surface area contributed by atoms with Gasteiger partial charge in [-0.05, 0) is 121 Å². The summed E-state index contributed by atoms with van der Waals surface area (Å²) in [5, 5.41) is 16.0. The van der Waals surface area contributed by atoms with Crippen LogP contribution in [0.5, 0.6) is 11.5 Å². The van der Waals surface area contributed by atoms with E-state index in [1.54, 1.807) is 31.3 Å². The molecule has 1 atom stereocenters. The van der Waals surface area contributed by atoms with E-state index in [0.717, 1.165) is 86.4 Å². The fraction of sp³-hybridized carbons (Fsp3) is 0.327. The molecule has 0 saturated carbocycles. The maximum atomic E-state index is 14.0. The maximum absolute atomic E-state index is 14.0. The van der Waals surface area contributed by atoms with Gasteiger partial charge in [0.05, 0.1) is 27.6 Å². The molecule has 0 radical (unpaired) electrons. The number of nitro benzene ring substituents is 1. The molecule has 0 spiro atoms. The highest BCUT2D eigenvalue weighted by molar-refractivity contribution is 7.90. The van der Waals surface area contributed by atoms with Crippen LogP contribution in [0.15, 0.2) is 114 Å². The molecular weight excluding hydrogens is 847 g/mol. The number of rotatable bonds is 13. The van der Waals surface area contributed by atoms with E-state index in [2.05, 4.69) is 61.3 Å². The van der Waals surface area contributed by atoms with Crippen LogP contribution in [0.4, 0.5) is 17.1 Å². The first-order valence-electron chi connectivity index (χ1n) is 22.1. The molecule has 3 N–H and O–H groups in total. The zero-order chi connectivity index (χ0) is 45.1. The third-order valence-electron chi connectivity index (χ3n) is 13.0. The number of carbonyl (C=O) groups is 2. The molecule has 0 bridgehead atoms. The van der Waals surface area contributed by atoms with Crippen LogP contribution in [0.1, 0.15) is 78.9 Å². The number of nitrogens with zero attached hydrogens (tertiary/aromatic N) is 4. The highest BCUT2D eigenvalue weighted by atomic mass is 32.2. The van der Waals surface area contributed by atoms with Crippen molar-refractivity contribution in [3.05, 3.63) is 136 Å². The van der Waals surface area contributed by atoms with Crippen molar-refractivity contribution in [3.8, 4) is 22.6 Å². The highest BCUT2D eigenvalue weighted by Crippen LogP contribution is 2.42. The minimum Gasteiger partial charge on any atom is -0.455 e. The van der Waals surface area contributed by atoms with Gasteiger partial charge in [0.25, 0.3) is 21.6 Å². The summed E-state index contributed by atoms with van der Waals surface area (Å²) in [4.78, 5) is 48.9. The summed E-state index contributed by atoms with van der Waals surface area (Å²) in [5.41, 5.74) is 5.71. The zero-order valence-electron chi connectivity index (χ0n) is 36.1. The van der Waals surface area contributed by atoms with Crippen LogP contribution in [-0.2, 0) is 19.6 Å². The highest BCUT2D eigenvalue weighted by Gasteiger charge is 2.32. The second kappa shape index (κ2) is 18.7. The first kappa shape index (κ1) is 43.5. The summed E-state index contributed by atoms with van der Waals surface area (Å²) in [6.07, 6.45) is 8.88. The van der Waals surface area contributed by atoms with Crippen molar-refractivity contribution >= 4 is 49.9 Å². The lowest BCUT2D eigenvalue weighted by Crippen LogP contribution is -2.36. The van der Waals surface area contributed by atoms with Gasteiger partial charge < -0.3 is 29.6 Å². The summed E-state index contributed by atoms with van der Waals surface area (Å²) < 4.78 is 41.3. The van der Waals surface area contributed by atoms with Crippen molar-refractivity contribution in [2.45, 2.75) is 62.3 Å². The van der Waals surface area contributed by atoms with Gasteiger partial charge in [0.1, 0.15) is 22.8 Å². The summed E-state index contributed by atoms with van der Waals surface area (Å²) in [7, 11) is -4.58. The van der Waals surface area contributed by atoms with Gasteiger partial charge >= 0.3 is 0 Å². The minimum atomic E-state index is -4.58. The van der Waals surface area contributed by atoms with Crippen molar-refractivity contribution in [3.63, 3.8) is 0 Å². The third kappa shape index (κ3) is 9.54. The first-order valence-corrected chi connectivity index (χ1v) is 23.6. The molecule has 9 rings (SSSR count). The molecule has 16 heteroatoms. The van der Waals surface area contributed by atoms with Crippen LogP contribution in [-0.4, -0.2) is 79.4 Å². The number of aromatic nitrogens is 2. The molecule has 0 aliphatic carbocycles. The average Bonchev–Trinajstić information content (AvgIpc) is 4.01. The van der Waals surface area contributed by atoms with Crippen molar-refractivity contribution in [1.82, 2.24) is 19.6 Å². The Morgan fingerprint density at radius 1 is 0.892 bits per heavy atom. The molecule has 336 valence electrons. The van der Waals surface area contributed by atoms with Gasteiger partial charge in [-0.15, -0.1) is 0 Å². The second-order valence-electron chi connectivity index (χ2n) is 17.0. The zero-order valence-corrected chi connectivity index (χ0v) is 36.9. The third-order valence-corrected chi connectivity index (χ3v) is 14.3. The number of piperidine rings is 1. The van der Waals surface area contributed by atoms with E-state index in [4.69, 9.17) is 9.47 Å². The number of carbonyl (C=O) groups excluding carboxylic acids is 2. The van der Waals surface area contributed by atoms with Gasteiger partial charge in [-0.3, -0.25) is 19.7 Å². The number of nitrogens with one attached hydrogen (secondary N) is 3. The van der Waals surface area contributed by atoms with E-state index in [9.17, 15) is 28.1 Å². The normalized spacial score (nSPS) is 17.3. The maximum Gasteiger partial charge on any atom is 0.293 e. The predicted molar refractivity (Wildman–Crippen MR) is 248 cm³/mol. The standard InChI is InChI=1S/C49H51N7O8S/c1-32(57)54-23-17-35(18-24-54)41-5-2-3-6-42(41)45-7-4-22-55(45)38-11-8-34(9-12-38)36-10-14-43(47(28-36)64-39-27-37-16-21-50-48(37)52-31-39)49(58)53-65(61,62)40-13-15-44(46(29-40)56(59)60)51-30-33-19-25-63-26-20-33/h2-3,5-6,8-16,21,27-29,31,33,35,45,51H,4,7,17-20,22-26,30H2,1H3,(H,50,52)(H,53,58)/t45-/m1/s1. The van der Waals surface area contributed by atoms with E-state index in [1.807, 2.05) is 23.1 Å². The van der Waals surface area contributed by atoms with Crippen molar-refractivity contribution < 1.29 is 32.4 Å². The SMILES string of the molecule is CC(=O)N1CCC(c2ccccc2[C@H]2CCCN2c2ccc(-c3ccc(C(=O)NS(=O)(=O)c4ccc(NCC5CCOCC5)c([N+](=O)[O-])c4)c(Oc4cnc5[nH]ccc5c4)c3)cc2)CC1. The van der Waals surface area contributed by atoms with E-state index < -0.39 is 31.4 Å². The predicted octanol–water partition coefficient (Wildman–Crippen LogP) is 8.96. The first-order chi connectivity index (χ1) is 31.5. The number of pyridine rings is 1. The minimum absolute atomic E-state index is 0.0714. The van der Waals surface area contributed by atoms with E-state index >= 15 is 0 Å². The molecular formula is C49H51N7O8S. The smallest absolute Gasteiger partial charge is 0.293 e. The van der Waals surface area contributed by atoms with Gasteiger partial charge in [-0.1, -0.05) is 42.5 Å². The van der Waals surface area contributed by atoms with Gasteiger partial charge in [-0.2, -0.15) is 0 Å². The lowest BCUT2D eigenvalue weighted by molar-refractivity contribution is -0.384. The molecule has 4 aromatic carbocycles. The quantitative estimate of drug-likeness (QED) is 0.0741. The van der Waals surface area contributed by atoms with Gasteiger partial charge in [0.2, 0.25) is 5.91 Å². The number of aromatic amines is 1. The summed E-state index contributed by atoms with van der Waals surface area (Å²) in [6, 6.07) is 29.3. The lowest BCUT2D eigenvalue weighted by atomic mass is 9.84. The molecule has 3 aliphatic rings. The molecule has 6 aromatic rings. The van der Waals surface area contributed by atoms with Crippen LogP contribution in [0.25, 0.3) is 22.2 Å². The fourth-order valence-electron chi connectivity index (χ4n) is 9.43. The molecule has 2 amide bonds. The van der Waals surface area contributed by atoms with Crippen LogP contribution < -0.4 is 19.7 Å². The molecule has 3 saturated heterocycles. The molecule has 65 heavy (non-hydrogen) atoms. The van der Waals surface area contributed by atoms with Crippen molar-refractivity contribution in [1.29, 1.82) is 0 Å². The van der Waals surface area contributed by atoms with Crippen molar-refractivity contribution in [2.24, 2.45) is 5.92 Å². The average molecular weight is 898 g/mol. The Balaban J connectivity index is 0.963.